The van der Waals surface area contributed by atoms with Gasteiger partial charge in [-0.05, 0) is 48.6 Å². The number of aliphatic hydroxyl groups excluding tert-OH is 1. The van der Waals surface area contributed by atoms with Crippen LogP contribution < -0.4 is 4.74 Å². The van der Waals surface area contributed by atoms with Crippen LogP contribution in [-0.2, 0) is 26.0 Å². The molecule has 0 radical (unpaired) electrons. The van der Waals surface area contributed by atoms with Crippen molar-refractivity contribution < 1.29 is 32.5 Å². The van der Waals surface area contributed by atoms with E-state index in [2.05, 4.69) is 0 Å². The minimum Gasteiger partial charge on any atom is -0.497 e. The molecule has 1 heterocycles. The Labute approximate surface area is 225 Å². The first-order chi connectivity index (χ1) is 18.3. The highest BCUT2D eigenvalue weighted by Crippen LogP contribution is 2.28. The Hall–Kier alpha value is -2.66. The Kier molecular flexibility index (Phi) is 10.0. The molecule has 2 aromatic rings. The Balaban J connectivity index is 1.50. The van der Waals surface area contributed by atoms with Gasteiger partial charge in [0.25, 0.3) is 0 Å². The normalized spacial score (nSPS) is 19.0. The number of ether oxygens (including phenoxy) is 3. The molecule has 38 heavy (non-hydrogen) atoms. The van der Waals surface area contributed by atoms with E-state index in [4.69, 9.17) is 14.2 Å². The number of benzene rings is 2. The summed E-state index contributed by atoms with van der Waals surface area (Å²) in [6.07, 6.45) is 2.71. The summed E-state index contributed by atoms with van der Waals surface area (Å²) in [7, 11) is -2.35. The quantitative estimate of drug-likeness (QED) is 0.433. The van der Waals surface area contributed by atoms with Crippen molar-refractivity contribution in [3.05, 3.63) is 60.2 Å². The average molecular weight is 547 g/mol. The van der Waals surface area contributed by atoms with Crippen LogP contribution in [0.3, 0.4) is 0 Å². The molecule has 1 unspecified atom stereocenters. The van der Waals surface area contributed by atoms with Crippen molar-refractivity contribution in [3.8, 4) is 5.75 Å². The Morgan fingerprint density at radius 3 is 2.39 bits per heavy atom. The molecule has 1 amide bonds. The van der Waals surface area contributed by atoms with E-state index >= 15 is 0 Å². The van der Waals surface area contributed by atoms with Crippen molar-refractivity contribution in [3.63, 3.8) is 0 Å². The summed E-state index contributed by atoms with van der Waals surface area (Å²) in [4.78, 5) is 14.7. The van der Waals surface area contributed by atoms with Crippen molar-refractivity contribution >= 4 is 16.1 Å². The summed E-state index contributed by atoms with van der Waals surface area (Å²) in [5, 5.41) is 11.1. The molecule has 2 atom stereocenters. The zero-order valence-corrected chi connectivity index (χ0v) is 22.7. The Morgan fingerprint density at radius 2 is 1.76 bits per heavy atom. The van der Waals surface area contributed by atoms with Crippen LogP contribution in [0.5, 0.6) is 5.75 Å². The molecule has 1 aliphatic carbocycles. The van der Waals surface area contributed by atoms with Crippen LogP contribution in [0, 0.1) is 5.92 Å². The van der Waals surface area contributed by atoms with E-state index in [1.165, 1.54) is 28.4 Å². The molecule has 0 bridgehead atoms. The van der Waals surface area contributed by atoms with E-state index in [9.17, 15) is 18.3 Å². The van der Waals surface area contributed by atoms with Gasteiger partial charge in [0.15, 0.2) is 0 Å². The summed E-state index contributed by atoms with van der Waals surface area (Å²) < 4.78 is 44.8. The molecule has 2 fully saturated rings. The van der Waals surface area contributed by atoms with Gasteiger partial charge in [-0.3, -0.25) is 0 Å². The number of nitrogens with zero attached hydrogens (tertiary/aromatic N) is 2. The van der Waals surface area contributed by atoms with Crippen molar-refractivity contribution in [2.75, 3.05) is 40.0 Å². The second-order valence-electron chi connectivity index (χ2n) is 10.0. The minimum absolute atomic E-state index is 0.0688. The van der Waals surface area contributed by atoms with E-state index in [0.717, 1.165) is 31.2 Å². The van der Waals surface area contributed by atoms with Crippen molar-refractivity contribution in [1.82, 2.24) is 9.21 Å². The molecular weight excluding hydrogens is 508 g/mol. The maximum Gasteiger partial charge on any atom is 0.410 e. The summed E-state index contributed by atoms with van der Waals surface area (Å²) in [6, 6.07) is 15.7. The number of rotatable bonds is 12. The lowest BCUT2D eigenvalue weighted by molar-refractivity contribution is 0.0346. The van der Waals surface area contributed by atoms with Gasteiger partial charge in [0, 0.05) is 26.1 Å². The number of carbonyl (C=O) groups excluding carboxylic acids is 1. The van der Waals surface area contributed by atoms with Crippen LogP contribution >= 0.6 is 0 Å². The fraction of sp³-hybridized carbons (Fsp3) is 0.536. The lowest BCUT2D eigenvalue weighted by atomic mass is 10.1. The summed E-state index contributed by atoms with van der Waals surface area (Å²) in [5.41, 5.74) is 0.882. The highest BCUT2D eigenvalue weighted by molar-refractivity contribution is 7.89. The minimum atomic E-state index is -3.88. The molecular formula is C28H38N2O7S. The van der Waals surface area contributed by atoms with Gasteiger partial charge < -0.3 is 24.2 Å². The summed E-state index contributed by atoms with van der Waals surface area (Å²) >= 11 is 0. The first-order valence-corrected chi connectivity index (χ1v) is 14.7. The molecule has 1 N–H and O–H groups in total. The lowest BCUT2D eigenvalue weighted by Crippen LogP contribution is -2.46. The smallest absolute Gasteiger partial charge is 0.410 e. The van der Waals surface area contributed by atoms with E-state index in [-0.39, 0.29) is 36.6 Å². The van der Waals surface area contributed by atoms with Crippen LogP contribution in [-0.4, -0.2) is 81.0 Å². The largest absolute Gasteiger partial charge is 0.497 e. The van der Waals surface area contributed by atoms with Gasteiger partial charge in [-0.15, -0.1) is 0 Å². The fourth-order valence-electron chi connectivity index (χ4n) is 5.03. The summed E-state index contributed by atoms with van der Waals surface area (Å²) in [6.45, 7) is 1.25. The molecule has 1 aliphatic heterocycles. The molecule has 10 heteroatoms. The van der Waals surface area contributed by atoms with Crippen LogP contribution in [0.4, 0.5) is 4.79 Å². The van der Waals surface area contributed by atoms with Crippen LogP contribution in [0.15, 0.2) is 59.5 Å². The van der Waals surface area contributed by atoms with E-state index in [1.54, 1.807) is 12.1 Å². The highest BCUT2D eigenvalue weighted by Gasteiger charge is 2.32. The zero-order valence-electron chi connectivity index (χ0n) is 21.9. The van der Waals surface area contributed by atoms with Gasteiger partial charge in [0.05, 0.1) is 37.9 Å². The molecule has 2 aromatic carbocycles. The van der Waals surface area contributed by atoms with Crippen LogP contribution in [0.1, 0.15) is 37.7 Å². The third kappa shape index (κ3) is 7.69. The summed E-state index contributed by atoms with van der Waals surface area (Å²) in [5.74, 6) is 0.803. The predicted molar refractivity (Wildman–Crippen MR) is 142 cm³/mol. The number of carbonyl (C=O) groups is 1. The SMILES string of the molecule is COc1ccc(S(=O)(=O)N(CC(O)CN(Cc2ccccc2)C(=O)O[C@@H]2CCOC2)CC2CCCC2)cc1. The lowest BCUT2D eigenvalue weighted by Gasteiger charge is -2.30. The van der Waals surface area contributed by atoms with E-state index in [1.807, 2.05) is 30.3 Å². The number of hydrogen-bond donors (Lipinski definition) is 1. The van der Waals surface area contributed by atoms with Crippen molar-refractivity contribution in [1.29, 1.82) is 0 Å². The van der Waals surface area contributed by atoms with Gasteiger partial charge >= 0.3 is 6.09 Å². The van der Waals surface area contributed by atoms with Crippen molar-refractivity contribution in [2.24, 2.45) is 5.92 Å². The van der Waals surface area contributed by atoms with Crippen LogP contribution in [0.25, 0.3) is 0 Å². The molecule has 208 valence electrons. The molecule has 0 spiro atoms. The monoisotopic (exact) mass is 546 g/mol. The van der Waals surface area contributed by atoms with Crippen molar-refractivity contribution in [2.45, 2.75) is 55.8 Å². The maximum atomic E-state index is 13.7. The van der Waals surface area contributed by atoms with Crippen LogP contribution in [0.2, 0.25) is 0 Å². The van der Waals surface area contributed by atoms with Gasteiger partial charge in [-0.1, -0.05) is 43.2 Å². The van der Waals surface area contributed by atoms with Gasteiger partial charge in [-0.25, -0.2) is 13.2 Å². The molecule has 0 aromatic heterocycles. The topological polar surface area (TPSA) is 106 Å². The third-order valence-corrected chi connectivity index (χ3v) is 8.96. The molecule has 1 saturated heterocycles. The Bertz CT molecular complexity index is 1120. The second kappa shape index (κ2) is 13.4. The zero-order chi connectivity index (χ0) is 27.0. The number of sulfonamides is 1. The highest BCUT2D eigenvalue weighted by atomic mass is 32.2. The first kappa shape index (κ1) is 28.4. The first-order valence-electron chi connectivity index (χ1n) is 13.2. The van der Waals surface area contributed by atoms with Gasteiger partial charge in [0.2, 0.25) is 10.0 Å². The number of methoxy groups -OCH3 is 1. The van der Waals surface area contributed by atoms with Gasteiger partial charge in [0.1, 0.15) is 11.9 Å². The predicted octanol–water partition coefficient (Wildman–Crippen LogP) is 3.66. The number of amides is 1. The third-order valence-electron chi connectivity index (χ3n) is 7.11. The maximum absolute atomic E-state index is 13.7. The standard InChI is InChI=1S/C28H38N2O7S/c1-35-25-11-13-27(14-12-25)38(33,34)30(18-23-9-5-6-10-23)20-24(31)19-29(17-22-7-3-2-4-8-22)28(32)37-26-15-16-36-21-26/h2-4,7-8,11-14,23-24,26,31H,5-6,9-10,15-21H2,1H3/t24?,26-/m1/s1. The average Bonchev–Trinajstić information content (AvgIpc) is 3.63. The number of aliphatic hydroxyl groups is 1. The fourth-order valence-corrected chi connectivity index (χ4v) is 6.58. The molecule has 4 rings (SSSR count). The number of hydrogen-bond acceptors (Lipinski definition) is 7. The second-order valence-corrected chi connectivity index (χ2v) is 12.0. The Morgan fingerprint density at radius 1 is 1.05 bits per heavy atom. The molecule has 1 saturated carbocycles. The van der Waals surface area contributed by atoms with E-state index in [0.29, 0.717) is 31.9 Å². The van der Waals surface area contributed by atoms with Gasteiger partial charge in [-0.2, -0.15) is 4.31 Å². The molecule has 9 nitrogen and oxygen atoms in total. The van der Waals surface area contributed by atoms with E-state index < -0.39 is 22.2 Å². The molecule has 2 aliphatic rings.